The molecule has 6 heterocycles. The van der Waals surface area contributed by atoms with Crippen molar-refractivity contribution in [3.05, 3.63) is 95.3 Å². The molecule has 0 saturated carbocycles. The number of fused-ring (bicyclic) bond motifs is 3. The van der Waals surface area contributed by atoms with E-state index in [0.717, 1.165) is 78.5 Å². The largest absolute Gasteiger partial charge is 0.445 e. The highest BCUT2D eigenvalue weighted by atomic mass is 16.6. The summed E-state index contributed by atoms with van der Waals surface area (Å²) in [6.45, 7) is 9.04. The Morgan fingerprint density at radius 3 is 2.80 bits per heavy atom. The average Bonchev–Trinajstić information content (AvgIpc) is 3.55. The highest BCUT2D eigenvalue weighted by Gasteiger charge is 2.42. The van der Waals surface area contributed by atoms with Gasteiger partial charge in [0.15, 0.2) is 0 Å². The molecule has 2 aromatic heterocycles. The van der Waals surface area contributed by atoms with Crippen LogP contribution in [0.2, 0.25) is 0 Å². The number of ether oxygens (including phenoxy) is 3. The van der Waals surface area contributed by atoms with Crippen LogP contribution in [0.3, 0.4) is 0 Å². The van der Waals surface area contributed by atoms with Crippen LogP contribution in [-0.2, 0) is 33.8 Å². The zero-order chi connectivity index (χ0) is 33.3. The van der Waals surface area contributed by atoms with Crippen molar-refractivity contribution in [1.82, 2.24) is 19.8 Å². The first kappa shape index (κ1) is 31.5. The van der Waals surface area contributed by atoms with Crippen molar-refractivity contribution in [3.63, 3.8) is 0 Å². The molecule has 4 atom stereocenters. The van der Waals surface area contributed by atoms with Crippen molar-refractivity contribution in [1.29, 1.82) is 5.26 Å². The van der Waals surface area contributed by atoms with E-state index in [4.69, 9.17) is 19.2 Å². The minimum absolute atomic E-state index is 0.0314. The molecule has 4 aliphatic rings. The van der Waals surface area contributed by atoms with Crippen molar-refractivity contribution in [2.75, 3.05) is 62.2 Å². The molecule has 4 aromatic rings. The van der Waals surface area contributed by atoms with E-state index >= 15 is 0 Å². The van der Waals surface area contributed by atoms with E-state index in [1.807, 2.05) is 42.5 Å². The maximum atomic E-state index is 12.8. The quantitative estimate of drug-likeness (QED) is 0.296. The van der Waals surface area contributed by atoms with Crippen molar-refractivity contribution in [2.24, 2.45) is 0 Å². The van der Waals surface area contributed by atoms with Gasteiger partial charge in [-0.15, -0.1) is 0 Å². The van der Waals surface area contributed by atoms with Crippen LogP contribution in [0.1, 0.15) is 29.3 Å². The molecule has 11 nitrogen and oxygen atoms in total. The highest BCUT2D eigenvalue weighted by Crippen LogP contribution is 2.32. The second-order valence-electron chi connectivity index (χ2n) is 13.5. The number of anilines is 2. The predicted octanol–water partition coefficient (Wildman–Crippen LogP) is 4.38. The van der Waals surface area contributed by atoms with Gasteiger partial charge in [-0.25, -0.2) is 9.78 Å². The van der Waals surface area contributed by atoms with Crippen LogP contribution in [0.15, 0.2) is 72.9 Å². The molecule has 4 aliphatic heterocycles. The van der Waals surface area contributed by atoms with E-state index < -0.39 is 0 Å². The maximum absolute atomic E-state index is 12.8. The fourth-order valence-electron chi connectivity index (χ4n) is 7.88. The molecule has 0 radical (unpaired) electrons. The van der Waals surface area contributed by atoms with Crippen molar-refractivity contribution in [2.45, 2.75) is 50.8 Å². The van der Waals surface area contributed by atoms with Gasteiger partial charge in [-0.05, 0) is 48.4 Å². The third-order valence-corrected chi connectivity index (χ3v) is 10.2. The number of aromatic nitrogens is 2. The third-order valence-electron chi connectivity index (χ3n) is 10.2. The van der Waals surface area contributed by atoms with Gasteiger partial charge in [0.05, 0.1) is 48.6 Å². The fraction of sp³-hybridized carbons (Fsp3) is 0.421. The van der Waals surface area contributed by atoms with Gasteiger partial charge in [0.25, 0.3) is 0 Å². The summed E-state index contributed by atoms with van der Waals surface area (Å²) in [4.78, 5) is 31.5. The lowest BCUT2D eigenvalue weighted by molar-refractivity contribution is -0.0317. The number of amides is 1. The summed E-state index contributed by atoms with van der Waals surface area (Å²) in [7, 11) is 0. The molecule has 11 heteroatoms. The molecular formula is C38H41N7O4. The topological polar surface area (TPSA) is 107 Å². The number of carbonyl (C=O) groups is 1. The summed E-state index contributed by atoms with van der Waals surface area (Å²) in [6.07, 6.45) is 2.36. The normalized spacial score (nSPS) is 24.0. The number of rotatable bonds is 6. The van der Waals surface area contributed by atoms with Crippen LogP contribution in [0.4, 0.5) is 16.3 Å². The number of likely N-dealkylation sites (tertiary alicyclic amines) is 1. The van der Waals surface area contributed by atoms with E-state index in [-0.39, 0.29) is 37.1 Å². The Kier molecular flexibility index (Phi) is 8.76. The molecule has 49 heavy (non-hydrogen) atoms. The van der Waals surface area contributed by atoms with Gasteiger partial charge in [-0.2, -0.15) is 5.26 Å². The van der Waals surface area contributed by atoms with Crippen LogP contribution in [0, 0.1) is 11.3 Å². The first-order chi connectivity index (χ1) is 24.0. The summed E-state index contributed by atoms with van der Waals surface area (Å²) in [5.74, 6) is 0.981. The summed E-state index contributed by atoms with van der Waals surface area (Å²) in [5.41, 5.74) is 5.54. The van der Waals surface area contributed by atoms with Crippen LogP contribution >= 0.6 is 0 Å². The molecule has 1 amide bonds. The molecule has 0 aliphatic carbocycles. The van der Waals surface area contributed by atoms with Crippen LogP contribution in [-0.4, -0.2) is 103 Å². The van der Waals surface area contributed by atoms with Gasteiger partial charge in [0.2, 0.25) is 0 Å². The van der Waals surface area contributed by atoms with Gasteiger partial charge in [0, 0.05) is 75.2 Å². The standard InChI is InChI=1S/C38H41N7O4/c1-26-19-44(33-11-9-28(18-39)37-31(33)8-5-14-40-37)22-30(49-26)21-42-23-34-35(24-42)47-17-16-45(34)36-12-10-29-20-43(15-13-32(29)41-36)38(46)48-25-27-6-3-2-4-7-27/h2-12,14,26,30,34-35H,13,15-17,19-25H2,1H3/t26-,30+,34+,35-/m1/s1. The number of carbonyl (C=O) groups excluding carboxylic acids is 1. The SMILES string of the molecule is C[C@@H]1CN(c2ccc(C#N)c3ncccc23)C[C@H](CN2C[C@H]3OCCN(c4ccc5c(n4)CCN(C(=O)OCc4ccccc4)C5)[C@H]3C2)O1. The zero-order valence-corrected chi connectivity index (χ0v) is 27.8. The Bertz CT molecular complexity index is 1870. The Hall–Kier alpha value is -4.76. The number of hydrogen-bond acceptors (Lipinski definition) is 10. The third kappa shape index (κ3) is 6.52. The molecule has 2 aromatic carbocycles. The number of morpholine rings is 2. The second kappa shape index (κ2) is 13.6. The average molecular weight is 660 g/mol. The number of pyridine rings is 2. The summed E-state index contributed by atoms with van der Waals surface area (Å²) >= 11 is 0. The van der Waals surface area contributed by atoms with E-state index in [1.165, 1.54) is 0 Å². The van der Waals surface area contributed by atoms with E-state index in [2.05, 4.69) is 56.9 Å². The molecule has 3 fully saturated rings. The Morgan fingerprint density at radius 1 is 1.02 bits per heavy atom. The van der Waals surface area contributed by atoms with Gasteiger partial charge in [0.1, 0.15) is 18.5 Å². The van der Waals surface area contributed by atoms with Gasteiger partial charge < -0.3 is 28.9 Å². The zero-order valence-electron chi connectivity index (χ0n) is 27.8. The second-order valence-corrected chi connectivity index (χ2v) is 13.5. The van der Waals surface area contributed by atoms with E-state index in [0.29, 0.717) is 31.7 Å². The Labute approximate surface area is 286 Å². The molecule has 0 unspecified atom stereocenters. The smallest absolute Gasteiger partial charge is 0.410 e. The minimum Gasteiger partial charge on any atom is -0.445 e. The molecule has 0 bridgehead atoms. The van der Waals surface area contributed by atoms with Crippen LogP contribution in [0.5, 0.6) is 0 Å². The molecule has 252 valence electrons. The summed E-state index contributed by atoms with van der Waals surface area (Å²) < 4.78 is 18.4. The monoisotopic (exact) mass is 659 g/mol. The van der Waals surface area contributed by atoms with Crippen LogP contribution < -0.4 is 9.80 Å². The van der Waals surface area contributed by atoms with Crippen molar-refractivity contribution >= 4 is 28.5 Å². The van der Waals surface area contributed by atoms with Crippen molar-refractivity contribution < 1.29 is 19.0 Å². The van der Waals surface area contributed by atoms with Gasteiger partial charge in [-0.1, -0.05) is 36.4 Å². The molecule has 8 rings (SSSR count). The minimum atomic E-state index is -0.289. The molecule has 0 spiro atoms. The molecule has 0 N–H and O–H groups in total. The molecular weight excluding hydrogens is 618 g/mol. The number of hydrogen-bond donors (Lipinski definition) is 0. The predicted molar refractivity (Wildman–Crippen MR) is 185 cm³/mol. The summed E-state index contributed by atoms with van der Waals surface area (Å²) in [5, 5.41) is 10.6. The summed E-state index contributed by atoms with van der Waals surface area (Å²) in [6, 6.07) is 24.4. The molecule has 3 saturated heterocycles. The first-order valence-corrected chi connectivity index (χ1v) is 17.3. The number of nitriles is 1. The lowest BCUT2D eigenvalue weighted by atomic mass is 10.1. The lowest BCUT2D eigenvalue weighted by Crippen LogP contribution is -2.52. The van der Waals surface area contributed by atoms with Crippen LogP contribution in [0.25, 0.3) is 10.9 Å². The Morgan fingerprint density at radius 2 is 1.92 bits per heavy atom. The maximum Gasteiger partial charge on any atom is 0.410 e. The fourth-order valence-corrected chi connectivity index (χ4v) is 7.88. The van der Waals surface area contributed by atoms with E-state index in [1.54, 1.807) is 11.1 Å². The van der Waals surface area contributed by atoms with Crippen molar-refractivity contribution in [3.8, 4) is 6.07 Å². The number of benzene rings is 2. The van der Waals surface area contributed by atoms with Gasteiger partial charge >= 0.3 is 6.09 Å². The van der Waals surface area contributed by atoms with E-state index in [9.17, 15) is 10.1 Å². The highest BCUT2D eigenvalue weighted by molar-refractivity contribution is 5.95. The van der Waals surface area contributed by atoms with Gasteiger partial charge in [-0.3, -0.25) is 9.88 Å². The Balaban J connectivity index is 0.910. The lowest BCUT2D eigenvalue weighted by Gasteiger charge is -2.40. The first-order valence-electron chi connectivity index (χ1n) is 17.3. The number of nitrogens with zero attached hydrogens (tertiary/aromatic N) is 7.